The van der Waals surface area contributed by atoms with Gasteiger partial charge in [0.2, 0.25) is 0 Å². The van der Waals surface area contributed by atoms with Gasteiger partial charge in [-0.2, -0.15) is 0 Å². The molecule has 0 bridgehead atoms. The number of hydrogen-bond acceptors (Lipinski definition) is 8. The maximum Gasteiger partial charge on any atom is 0.338 e. The first-order valence-corrected chi connectivity index (χ1v) is 9.60. The minimum Gasteiger partial charge on any atom is -0.462 e. The lowest BCUT2D eigenvalue weighted by Gasteiger charge is -2.26. The van der Waals surface area contributed by atoms with Crippen molar-refractivity contribution in [1.82, 2.24) is 20.2 Å². The van der Waals surface area contributed by atoms with Crippen molar-refractivity contribution < 1.29 is 19.1 Å². The SMILES string of the molecule is CCOC(=O)c1ccc(Nc2cc(C(=O)NCCN3CCOCC3)ncn2)cc1. The van der Waals surface area contributed by atoms with Gasteiger partial charge in [0.05, 0.1) is 25.4 Å². The van der Waals surface area contributed by atoms with E-state index in [-0.39, 0.29) is 17.6 Å². The van der Waals surface area contributed by atoms with E-state index in [1.54, 1.807) is 37.3 Å². The fraction of sp³-hybridized carbons (Fsp3) is 0.400. The Labute approximate surface area is 169 Å². The molecule has 3 rings (SSSR count). The molecule has 154 valence electrons. The number of ether oxygens (including phenoxy) is 2. The molecule has 1 aromatic carbocycles. The van der Waals surface area contributed by atoms with Gasteiger partial charge in [0.1, 0.15) is 17.8 Å². The Bertz CT molecular complexity index is 822. The van der Waals surface area contributed by atoms with Crippen molar-refractivity contribution >= 4 is 23.4 Å². The fourth-order valence-corrected chi connectivity index (χ4v) is 2.84. The monoisotopic (exact) mass is 399 g/mol. The van der Waals surface area contributed by atoms with Crippen LogP contribution in [0.1, 0.15) is 27.8 Å². The summed E-state index contributed by atoms with van der Waals surface area (Å²) in [6.07, 6.45) is 1.34. The van der Waals surface area contributed by atoms with Gasteiger partial charge in [0.15, 0.2) is 0 Å². The molecule has 1 aromatic heterocycles. The standard InChI is InChI=1S/C20H25N5O4/c1-2-29-20(27)15-3-5-16(6-4-15)24-18-13-17(22-14-23-18)19(26)21-7-8-25-9-11-28-12-10-25/h3-6,13-14H,2,7-12H2,1H3,(H,21,26)(H,22,23,24). The Morgan fingerprint density at radius 3 is 2.66 bits per heavy atom. The molecule has 9 heteroatoms. The Morgan fingerprint density at radius 1 is 1.17 bits per heavy atom. The van der Waals surface area contributed by atoms with Gasteiger partial charge >= 0.3 is 5.97 Å². The molecular weight excluding hydrogens is 374 g/mol. The zero-order valence-electron chi connectivity index (χ0n) is 16.4. The first-order valence-electron chi connectivity index (χ1n) is 9.60. The van der Waals surface area contributed by atoms with Crippen molar-refractivity contribution in [2.24, 2.45) is 0 Å². The van der Waals surface area contributed by atoms with E-state index < -0.39 is 0 Å². The minimum atomic E-state index is -0.364. The van der Waals surface area contributed by atoms with Crippen LogP contribution in [-0.4, -0.2) is 72.7 Å². The summed E-state index contributed by atoms with van der Waals surface area (Å²) in [5.41, 5.74) is 1.49. The predicted molar refractivity (Wildman–Crippen MR) is 107 cm³/mol. The Balaban J connectivity index is 1.53. The smallest absolute Gasteiger partial charge is 0.338 e. The number of carbonyl (C=O) groups excluding carboxylic acids is 2. The molecule has 0 radical (unpaired) electrons. The topological polar surface area (TPSA) is 106 Å². The number of nitrogens with zero attached hydrogens (tertiary/aromatic N) is 3. The molecule has 1 amide bonds. The van der Waals surface area contributed by atoms with E-state index in [1.165, 1.54) is 6.33 Å². The van der Waals surface area contributed by atoms with E-state index in [0.717, 1.165) is 38.5 Å². The van der Waals surface area contributed by atoms with E-state index in [4.69, 9.17) is 9.47 Å². The van der Waals surface area contributed by atoms with E-state index in [2.05, 4.69) is 25.5 Å². The van der Waals surface area contributed by atoms with Gasteiger partial charge in [0.25, 0.3) is 5.91 Å². The second-order valence-corrected chi connectivity index (χ2v) is 6.42. The van der Waals surface area contributed by atoms with Crippen molar-refractivity contribution in [2.45, 2.75) is 6.92 Å². The van der Waals surface area contributed by atoms with Crippen molar-refractivity contribution in [1.29, 1.82) is 0 Å². The molecular formula is C20H25N5O4. The van der Waals surface area contributed by atoms with Crippen LogP contribution in [0.15, 0.2) is 36.7 Å². The highest BCUT2D eigenvalue weighted by Crippen LogP contribution is 2.16. The van der Waals surface area contributed by atoms with Gasteiger partial charge in [-0.1, -0.05) is 0 Å². The minimum absolute atomic E-state index is 0.249. The van der Waals surface area contributed by atoms with Gasteiger partial charge in [-0.25, -0.2) is 14.8 Å². The second-order valence-electron chi connectivity index (χ2n) is 6.42. The molecule has 2 aromatic rings. The van der Waals surface area contributed by atoms with Gasteiger partial charge < -0.3 is 20.1 Å². The summed E-state index contributed by atoms with van der Waals surface area (Å²) >= 11 is 0. The maximum atomic E-state index is 12.3. The third-order valence-corrected chi connectivity index (χ3v) is 4.39. The lowest BCUT2D eigenvalue weighted by atomic mass is 10.2. The highest BCUT2D eigenvalue weighted by atomic mass is 16.5. The van der Waals surface area contributed by atoms with Crippen LogP contribution in [0.4, 0.5) is 11.5 Å². The third kappa shape index (κ3) is 6.23. The maximum absolute atomic E-state index is 12.3. The molecule has 0 saturated carbocycles. The fourth-order valence-electron chi connectivity index (χ4n) is 2.84. The van der Waals surface area contributed by atoms with Gasteiger partial charge in [-0.05, 0) is 31.2 Å². The first-order chi connectivity index (χ1) is 14.2. The number of carbonyl (C=O) groups is 2. The van der Waals surface area contributed by atoms with Crippen LogP contribution < -0.4 is 10.6 Å². The number of esters is 1. The average molecular weight is 399 g/mol. The van der Waals surface area contributed by atoms with E-state index in [0.29, 0.717) is 24.5 Å². The number of amides is 1. The molecule has 0 atom stereocenters. The molecule has 9 nitrogen and oxygen atoms in total. The number of morpholine rings is 1. The Hall–Kier alpha value is -3.04. The van der Waals surface area contributed by atoms with Crippen molar-refractivity contribution in [3.8, 4) is 0 Å². The summed E-state index contributed by atoms with van der Waals surface area (Å²) in [4.78, 5) is 34.5. The molecule has 2 N–H and O–H groups in total. The molecule has 1 aliphatic rings. The summed E-state index contributed by atoms with van der Waals surface area (Å²) < 4.78 is 10.3. The highest BCUT2D eigenvalue weighted by Gasteiger charge is 2.12. The number of aromatic nitrogens is 2. The molecule has 0 aliphatic carbocycles. The second kappa shape index (κ2) is 10.5. The van der Waals surface area contributed by atoms with Crippen LogP contribution in [0.2, 0.25) is 0 Å². The summed E-state index contributed by atoms with van der Waals surface area (Å²) in [5.74, 6) is -0.124. The van der Waals surface area contributed by atoms with Crippen LogP contribution >= 0.6 is 0 Å². The molecule has 1 saturated heterocycles. The van der Waals surface area contributed by atoms with Crippen LogP contribution in [-0.2, 0) is 9.47 Å². The first kappa shape index (κ1) is 20.7. The summed E-state index contributed by atoms with van der Waals surface area (Å²) in [6, 6.07) is 8.41. The molecule has 0 unspecified atom stereocenters. The highest BCUT2D eigenvalue weighted by molar-refractivity contribution is 5.93. The van der Waals surface area contributed by atoms with E-state index in [1.807, 2.05) is 0 Å². The number of nitrogens with one attached hydrogen (secondary N) is 2. The molecule has 29 heavy (non-hydrogen) atoms. The molecule has 0 spiro atoms. The van der Waals surface area contributed by atoms with Crippen LogP contribution in [0, 0.1) is 0 Å². The lowest BCUT2D eigenvalue weighted by Crippen LogP contribution is -2.41. The zero-order valence-corrected chi connectivity index (χ0v) is 16.4. The van der Waals surface area contributed by atoms with Crippen molar-refractivity contribution in [2.75, 3.05) is 51.3 Å². The van der Waals surface area contributed by atoms with Gasteiger partial charge in [0, 0.05) is 37.9 Å². The number of rotatable bonds is 8. The summed E-state index contributed by atoms with van der Waals surface area (Å²) in [6.45, 7) is 6.64. The normalized spacial score (nSPS) is 14.2. The van der Waals surface area contributed by atoms with Crippen molar-refractivity contribution in [3.05, 3.63) is 47.9 Å². The van der Waals surface area contributed by atoms with Crippen LogP contribution in [0.25, 0.3) is 0 Å². The quantitative estimate of drug-likeness (QED) is 0.643. The number of anilines is 2. The van der Waals surface area contributed by atoms with E-state index >= 15 is 0 Å². The Kier molecular flexibility index (Phi) is 7.48. The molecule has 2 heterocycles. The Morgan fingerprint density at radius 2 is 1.93 bits per heavy atom. The van der Waals surface area contributed by atoms with E-state index in [9.17, 15) is 9.59 Å². The summed E-state index contributed by atoms with van der Waals surface area (Å²) in [5, 5.41) is 5.98. The van der Waals surface area contributed by atoms with Gasteiger partial charge in [-0.3, -0.25) is 9.69 Å². The lowest BCUT2D eigenvalue weighted by molar-refractivity contribution is 0.0383. The number of benzene rings is 1. The third-order valence-electron chi connectivity index (χ3n) is 4.39. The van der Waals surface area contributed by atoms with Crippen LogP contribution in [0.5, 0.6) is 0 Å². The molecule has 1 aliphatic heterocycles. The average Bonchev–Trinajstić information content (AvgIpc) is 2.75. The molecule has 1 fully saturated rings. The van der Waals surface area contributed by atoms with Gasteiger partial charge in [-0.15, -0.1) is 0 Å². The zero-order chi connectivity index (χ0) is 20.5. The van der Waals surface area contributed by atoms with Crippen molar-refractivity contribution in [3.63, 3.8) is 0 Å². The predicted octanol–water partition coefficient (Wildman–Crippen LogP) is 1.46. The van der Waals surface area contributed by atoms with Crippen LogP contribution in [0.3, 0.4) is 0 Å². The largest absolute Gasteiger partial charge is 0.462 e. The summed E-state index contributed by atoms with van der Waals surface area (Å²) in [7, 11) is 0. The number of hydrogen-bond donors (Lipinski definition) is 2.